The van der Waals surface area contributed by atoms with Gasteiger partial charge in [0.2, 0.25) is 0 Å². The number of aromatic nitrogens is 1. The Labute approximate surface area is 134 Å². The molecule has 1 N–H and O–H groups in total. The number of hydrogen-bond donors (Lipinski definition) is 1. The minimum atomic E-state index is -0.393. The van der Waals surface area contributed by atoms with Crippen LogP contribution in [0.2, 0.25) is 0 Å². The van der Waals surface area contributed by atoms with Crippen molar-refractivity contribution in [2.75, 3.05) is 11.9 Å². The lowest BCUT2D eigenvalue weighted by Gasteiger charge is -2.09. The summed E-state index contributed by atoms with van der Waals surface area (Å²) >= 11 is 4.60. The number of esters is 1. The highest BCUT2D eigenvalue weighted by Gasteiger charge is 2.20. The molecule has 0 bridgehead atoms. The highest BCUT2D eigenvalue weighted by atomic mass is 79.9. The van der Waals surface area contributed by atoms with Gasteiger partial charge in [-0.15, -0.1) is 0 Å². The van der Waals surface area contributed by atoms with Crippen LogP contribution in [0.15, 0.2) is 22.7 Å². The number of anilines is 2. The molecule has 5 nitrogen and oxygen atoms in total. The van der Waals surface area contributed by atoms with Gasteiger partial charge in [-0.3, -0.25) is 0 Å². The smallest absolute Gasteiger partial charge is 0.343 e. The van der Waals surface area contributed by atoms with Crippen LogP contribution in [-0.2, 0) is 4.74 Å². The topological polar surface area (TPSA) is 75.0 Å². The van der Waals surface area contributed by atoms with E-state index in [1.165, 1.54) is 11.5 Å². The first-order valence-corrected chi connectivity index (χ1v) is 7.73. The van der Waals surface area contributed by atoms with Crippen LogP contribution >= 0.6 is 27.5 Å². The summed E-state index contributed by atoms with van der Waals surface area (Å²) in [5, 5.41) is 12.6. The van der Waals surface area contributed by atoms with Crippen LogP contribution in [0, 0.1) is 18.3 Å². The van der Waals surface area contributed by atoms with E-state index in [9.17, 15) is 4.79 Å². The zero-order valence-corrected chi connectivity index (χ0v) is 13.8. The highest BCUT2D eigenvalue weighted by molar-refractivity contribution is 9.10. The van der Waals surface area contributed by atoms with Gasteiger partial charge < -0.3 is 10.1 Å². The summed E-state index contributed by atoms with van der Waals surface area (Å²) in [6, 6.07) is 7.25. The summed E-state index contributed by atoms with van der Waals surface area (Å²) in [4.78, 5) is 12.0. The molecule has 0 saturated carbocycles. The molecule has 1 aromatic heterocycles. The van der Waals surface area contributed by atoms with Gasteiger partial charge in [0.15, 0.2) is 0 Å². The number of nitriles is 1. The number of rotatable bonds is 4. The second kappa shape index (κ2) is 6.70. The maximum atomic E-state index is 12.0. The van der Waals surface area contributed by atoms with Gasteiger partial charge in [-0.2, -0.15) is 9.64 Å². The Bertz CT molecular complexity index is 721. The van der Waals surface area contributed by atoms with Gasteiger partial charge in [-0.05, 0) is 59.5 Å². The normalized spacial score (nSPS) is 10.0. The van der Waals surface area contributed by atoms with E-state index >= 15 is 0 Å². The third-order valence-corrected chi connectivity index (χ3v) is 4.20. The van der Waals surface area contributed by atoms with Crippen molar-refractivity contribution in [3.8, 4) is 6.07 Å². The molecule has 7 heteroatoms. The Balaban J connectivity index is 2.33. The zero-order chi connectivity index (χ0) is 15.4. The predicted octanol–water partition coefficient (Wildman–Crippen LogP) is 4.01. The van der Waals surface area contributed by atoms with Crippen molar-refractivity contribution in [2.45, 2.75) is 13.8 Å². The average Bonchev–Trinajstić information content (AvgIpc) is 2.82. The molecule has 0 radical (unpaired) electrons. The van der Waals surface area contributed by atoms with E-state index < -0.39 is 5.97 Å². The summed E-state index contributed by atoms with van der Waals surface area (Å²) in [6.07, 6.45) is 0. The molecule has 0 spiro atoms. The third kappa shape index (κ3) is 3.40. The Morgan fingerprint density at radius 3 is 2.95 bits per heavy atom. The lowest BCUT2D eigenvalue weighted by Crippen LogP contribution is -2.07. The summed E-state index contributed by atoms with van der Waals surface area (Å²) in [5.41, 5.74) is 2.38. The van der Waals surface area contributed by atoms with Gasteiger partial charge in [0.1, 0.15) is 10.6 Å². The van der Waals surface area contributed by atoms with Gasteiger partial charge in [-0.1, -0.05) is 0 Å². The summed E-state index contributed by atoms with van der Waals surface area (Å²) in [7, 11) is 0. The number of carbonyl (C=O) groups excluding carboxylic acids is 1. The standard InChI is InChI=1S/C14H12BrN3O2S/c1-3-20-14(19)12-8(2)18-21-13(12)17-11-5-4-9(7-16)6-10(11)15/h4-6,17H,3H2,1-2H3. The number of carbonyl (C=O) groups is 1. The first-order valence-electron chi connectivity index (χ1n) is 6.16. The molecular formula is C14H12BrN3O2S. The number of benzene rings is 1. The Kier molecular flexibility index (Phi) is 4.94. The van der Waals surface area contributed by atoms with Gasteiger partial charge in [0.05, 0.1) is 29.6 Å². The Morgan fingerprint density at radius 1 is 1.57 bits per heavy atom. The van der Waals surface area contributed by atoms with Crippen molar-refractivity contribution >= 4 is 44.1 Å². The van der Waals surface area contributed by atoms with Crippen molar-refractivity contribution in [2.24, 2.45) is 0 Å². The second-order valence-corrected chi connectivity index (χ2v) is 5.75. The molecule has 108 valence electrons. The summed E-state index contributed by atoms with van der Waals surface area (Å²) in [5.74, 6) is -0.393. The summed E-state index contributed by atoms with van der Waals surface area (Å²) in [6.45, 7) is 3.84. The summed E-state index contributed by atoms with van der Waals surface area (Å²) < 4.78 is 9.97. The number of nitrogens with one attached hydrogen (secondary N) is 1. The third-order valence-electron chi connectivity index (χ3n) is 2.69. The van der Waals surface area contributed by atoms with Crippen molar-refractivity contribution in [1.29, 1.82) is 5.26 Å². The largest absolute Gasteiger partial charge is 0.462 e. The molecule has 0 atom stereocenters. The van der Waals surface area contributed by atoms with Gasteiger partial charge >= 0.3 is 5.97 Å². The zero-order valence-electron chi connectivity index (χ0n) is 11.4. The van der Waals surface area contributed by atoms with E-state index in [2.05, 4.69) is 31.7 Å². The van der Waals surface area contributed by atoms with E-state index in [-0.39, 0.29) is 0 Å². The molecule has 0 fully saturated rings. The Morgan fingerprint density at radius 2 is 2.33 bits per heavy atom. The minimum absolute atomic E-state index is 0.314. The first kappa shape index (κ1) is 15.5. The lowest BCUT2D eigenvalue weighted by molar-refractivity contribution is 0.0527. The number of nitrogens with zero attached hydrogens (tertiary/aromatic N) is 2. The SMILES string of the molecule is CCOC(=O)c1c(C)nsc1Nc1ccc(C#N)cc1Br. The molecule has 0 amide bonds. The minimum Gasteiger partial charge on any atom is -0.462 e. The molecule has 0 aliphatic rings. The molecule has 1 aromatic carbocycles. The van der Waals surface area contributed by atoms with Crippen LogP contribution in [0.5, 0.6) is 0 Å². The van der Waals surface area contributed by atoms with Gasteiger partial charge in [0.25, 0.3) is 0 Å². The van der Waals surface area contributed by atoms with Crippen molar-refractivity contribution in [3.05, 3.63) is 39.5 Å². The lowest BCUT2D eigenvalue weighted by atomic mass is 10.2. The first-order chi connectivity index (χ1) is 10.1. The van der Waals surface area contributed by atoms with Gasteiger partial charge in [-0.25, -0.2) is 4.79 Å². The van der Waals surface area contributed by atoms with E-state index in [0.717, 1.165) is 10.2 Å². The van der Waals surface area contributed by atoms with Crippen LogP contribution in [0.3, 0.4) is 0 Å². The van der Waals surface area contributed by atoms with E-state index in [1.54, 1.807) is 32.0 Å². The number of hydrogen-bond acceptors (Lipinski definition) is 6. The molecule has 2 rings (SSSR count). The molecule has 0 aliphatic heterocycles. The fourth-order valence-corrected chi connectivity index (χ4v) is 2.98. The van der Waals surface area contributed by atoms with Crippen LogP contribution in [0.4, 0.5) is 10.7 Å². The van der Waals surface area contributed by atoms with Crippen LogP contribution < -0.4 is 5.32 Å². The monoisotopic (exact) mass is 365 g/mol. The molecule has 21 heavy (non-hydrogen) atoms. The fraction of sp³-hybridized carbons (Fsp3) is 0.214. The molecule has 1 heterocycles. The number of halogens is 1. The molecular weight excluding hydrogens is 354 g/mol. The fourth-order valence-electron chi connectivity index (χ4n) is 1.71. The highest BCUT2D eigenvalue weighted by Crippen LogP contribution is 2.32. The quantitative estimate of drug-likeness (QED) is 0.828. The van der Waals surface area contributed by atoms with Crippen molar-refractivity contribution < 1.29 is 9.53 Å². The van der Waals surface area contributed by atoms with E-state index in [0.29, 0.717) is 28.4 Å². The molecule has 0 aliphatic carbocycles. The number of ether oxygens (including phenoxy) is 1. The molecule has 0 saturated heterocycles. The predicted molar refractivity (Wildman–Crippen MR) is 84.9 cm³/mol. The average molecular weight is 366 g/mol. The Hall–Kier alpha value is -1.91. The van der Waals surface area contributed by atoms with Crippen LogP contribution in [0.25, 0.3) is 0 Å². The van der Waals surface area contributed by atoms with Crippen LogP contribution in [-0.4, -0.2) is 16.9 Å². The van der Waals surface area contributed by atoms with Gasteiger partial charge in [0, 0.05) is 4.47 Å². The molecule has 2 aromatic rings. The van der Waals surface area contributed by atoms with E-state index in [4.69, 9.17) is 10.00 Å². The maximum absolute atomic E-state index is 12.0. The van der Waals surface area contributed by atoms with Crippen molar-refractivity contribution in [3.63, 3.8) is 0 Å². The number of aryl methyl sites for hydroxylation is 1. The van der Waals surface area contributed by atoms with E-state index in [1.807, 2.05) is 0 Å². The van der Waals surface area contributed by atoms with Crippen LogP contribution in [0.1, 0.15) is 28.5 Å². The maximum Gasteiger partial charge on any atom is 0.343 e. The second-order valence-electron chi connectivity index (χ2n) is 4.12. The molecule has 0 unspecified atom stereocenters. The van der Waals surface area contributed by atoms with Crippen molar-refractivity contribution in [1.82, 2.24) is 4.37 Å².